The fourth-order valence-corrected chi connectivity index (χ4v) is 2.78. The van der Waals surface area contributed by atoms with Gasteiger partial charge in [0.2, 0.25) is 0 Å². The second-order valence-corrected chi connectivity index (χ2v) is 5.90. The van der Waals surface area contributed by atoms with Gasteiger partial charge in [-0.1, -0.05) is 11.6 Å². The van der Waals surface area contributed by atoms with Gasteiger partial charge in [0.05, 0.1) is 11.0 Å². The number of ether oxygens (including phenoxy) is 1. The topological polar surface area (TPSA) is 64.3 Å². The number of halogens is 1. The zero-order chi connectivity index (χ0) is 16.7. The number of aliphatic carboxylic acids is 1. The number of benzene rings is 1. The van der Waals surface area contributed by atoms with Crippen molar-refractivity contribution in [2.24, 2.45) is 0 Å². The van der Waals surface area contributed by atoms with Crippen molar-refractivity contribution in [1.29, 1.82) is 0 Å². The van der Waals surface area contributed by atoms with Crippen LogP contribution in [0.4, 0.5) is 0 Å². The summed E-state index contributed by atoms with van der Waals surface area (Å²) in [6.45, 7) is 4.25. The minimum Gasteiger partial charge on any atom is -0.481 e. The van der Waals surface area contributed by atoms with Crippen LogP contribution in [0.5, 0.6) is 0 Å². The molecule has 0 aliphatic heterocycles. The summed E-state index contributed by atoms with van der Waals surface area (Å²) in [6, 6.07) is 5.71. The Morgan fingerprint density at radius 3 is 2.91 bits per heavy atom. The molecule has 6 heteroatoms. The van der Waals surface area contributed by atoms with Crippen molar-refractivity contribution in [2.45, 2.75) is 45.6 Å². The van der Waals surface area contributed by atoms with Crippen molar-refractivity contribution in [1.82, 2.24) is 9.55 Å². The van der Waals surface area contributed by atoms with Gasteiger partial charge in [-0.15, -0.1) is 0 Å². The van der Waals surface area contributed by atoms with Crippen molar-refractivity contribution >= 4 is 28.6 Å². The predicted octanol–water partition coefficient (Wildman–Crippen LogP) is 3.91. The van der Waals surface area contributed by atoms with Crippen LogP contribution in [0.25, 0.3) is 11.0 Å². The van der Waals surface area contributed by atoms with Crippen LogP contribution in [0.2, 0.25) is 5.02 Å². The van der Waals surface area contributed by atoms with Crippen LogP contribution in [0.3, 0.4) is 0 Å². The Labute approximate surface area is 141 Å². The van der Waals surface area contributed by atoms with Crippen molar-refractivity contribution < 1.29 is 14.6 Å². The van der Waals surface area contributed by atoms with Gasteiger partial charge in [0.25, 0.3) is 0 Å². The van der Waals surface area contributed by atoms with Gasteiger partial charge in [0.15, 0.2) is 0 Å². The molecule has 0 bridgehead atoms. The monoisotopic (exact) mass is 338 g/mol. The van der Waals surface area contributed by atoms with Crippen LogP contribution in [0.1, 0.15) is 38.4 Å². The number of hydrogen-bond donors (Lipinski definition) is 1. The molecule has 1 heterocycles. The molecule has 0 spiro atoms. The fourth-order valence-electron chi connectivity index (χ4n) is 2.61. The van der Waals surface area contributed by atoms with Gasteiger partial charge in [-0.3, -0.25) is 4.79 Å². The van der Waals surface area contributed by atoms with Gasteiger partial charge in [0, 0.05) is 37.6 Å². The summed E-state index contributed by atoms with van der Waals surface area (Å²) < 4.78 is 7.59. The van der Waals surface area contributed by atoms with E-state index in [4.69, 9.17) is 21.4 Å². The zero-order valence-corrected chi connectivity index (χ0v) is 14.2. The molecule has 0 radical (unpaired) electrons. The molecule has 0 atom stereocenters. The highest BCUT2D eigenvalue weighted by Gasteiger charge is 2.11. The average molecular weight is 339 g/mol. The molecule has 1 aromatic heterocycles. The summed E-state index contributed by atoms with van der Waals surface area (Å²) in [7, 11) is 0. The SMILES string of the molecule is CCOCCCn1c(CCCCC(=O)O)nc2ccc(Cl)cc21. The summed E-state index contributed by atoms with van der Waals surface area (Å²) in [5.41, 5.74) is 1.96. The van der Waals surface area contributed by atoms with E-state index in [1.165, 1.54) is 0 Å². The van der Waals surface area contributed by atoms with Gasteiger partial charge in [-0.05, 0) is 44.4 Å². The van der Waals surface area contributed by atoms with E-state index in [-0.39, 0.29) is 6.42 Å². The Balaban J connectivity index is 2.11. The lowest BCUT2D eigenvalue weighted by atomic mass is 10.2. The Kier molecular flexibility index (Phi) is 6.86. The van der Waals surface area contributed by atoms with Crippen LogP contribution in [-0.4, -0.2) is 33.8 Å². The average Bonchev–Trinajstić information content (AvgIpc) is 2.85. The maximum atomic E-state index is 10.6. The Hall–Kier alpha value is -1.59. The van der Waals surface area contributed by atoms with Crippen LogP contribution in [-0.2, 0) is 22.5 Å². The lowest BCUT2D eigenvalue weighted by Gasteiger charge is -2.09. The molecule has 23 heavy (non-hydrogen) atoms. The van der Waals surface area contributed by atoms with E-state index in [2.05, 4.69) is 9.55 Å². The first-order chi connectivity index (χ1) is 11.1. The first-order valence-corrected chi connectivity index (χ1v) is 8.43. The van der Waals surface area contributed by atoms with Crippen molar-refractivity contribution in [2.75, 3.05) is 13.2 Å². The second-order valence-electron chi connectivity index (χ2n) is 5.46. The fraction of sp³-hybridized carbons (Fsp3) is 0.529. The van der Waals surface area contributed by atoms with Crippen LogP contribution in [0.15, 0.2) is 18.2 Å². The Morgan fingerprint density at radius 2 is 2.17 bits per heavy atom. The Bertz CT molecular complexity index is 655. The first-order valence-electron chi connectivity index (χ1n) is 8.06. The lowest BCUT2D eigenvalue weighted by molar-refractivity contribution is -0.137. The van der Waals surface area contributed by atoms with Crippen LogP contribution in [0, 0.1) is 0 Å². The lowest BCUT2D eigenvalue weighted by Crippen LogP contribution is -2.07. The molecular weight excluding hydrogens is 316 g/mol. The summed E-state index contributed by atoms with van der Waals surface area (Å²) in [5.74, 6) is 0.242. The number of hydrogen-bond acceptors (Lipinski definition) is 3. The van der Waals surface area contributed by atoms with E-state index in [1.54, 1.807) is 0 Å². The molecule has 0 unspecified atom stereocenters. The van der Waals surface area contributed by atoms with Gasteiger partial charge in [0.1, 0.15) is 5.82 Å². The largest absolute Gasteiger partial charge is 0.481 e. The molecule has 0 saturated heterocycles. The van der Waals surface area contributed by atoms with E-state index in [1.807, 2.05) is 25.1 Å². The zero-order valence-electron chi connectivity index (χ0n) is 13.4. The number of nitrogens with zero attached hydrogens (tertiary/aromatic N) is 2. The number of fused-ring (bicyclic) bond motifs is 1. The molecule has 126 valence electrons. The predicted molar refractivity (Wildman–Crippen MR) is 91.0 cm³/mol. The Morgan fingerprint density at radius 1 is 1.35 bits per heavy atom. The minimum atomic E-state index is -0.748. The smallest absolute Gasteiger partial charge is 0.303 e. The molecule has 1 N–H and O–H groups in total. The van der Waals surface area contributed by atoms with E-state index in [9.17, 15) is 4.79 Å². The number of carboxylic acid groups (broad SMARTS) is 1. The third-order valence-corrected chi connectivity index (χ3v) is 3.94. The van der Waals surface area contributed by atoms with Crippen molar-refractivity contribution in [3.63, 3.8) is 0 Å². The highest BCUT2D eigenvalue weighted by molar-refractivity contribution is 6.31. The molecule has 0 amide bonds. The molecule has 0 fully saturated rings. The minimum absolute atomic E-state index is 0.205. The summed E-state index contributed by atoms with van der Waals surface area (Å²) in [5, 5.41) is 9.42. The van der Waals surface area contributed by atoms with Crippen LogP contribution >= 0.6 is 11.6 Å². The number of rotatable bonds is 10. The van der Waals surface area contributed by atoms with Crippen molar-refractivity contribution in [3.05, 3.63) is 29.0 Å². The highest BCUT2D eigenvalue weighted by Crippen LogP contribution is 2.22. The van der Waals surface area contributed by atoms with Gasteiger partial charge in [-0.2, -0.15) is 0 Å². The number of aromatic nitrogens is 2. The standard InChI is InChI=1S/C17H23ClN2O3/c1-2-23-11-5-10-20-15-12-13(18)8-9-14(15)19-16(20)6-3-4-7-17(21)22/h8-9,12H,2-7,10-11H2,1H3,(H,21,22). The molecular formula is C17H23ClN2O3. The number of imidazole rings is 1. The molecule has 0 aliphatic rings. The van der Waals surface area contributed by atoms with Gasteiger partial charge in [-0.25, -0.2) is 4.98 Å². The third-order valence-electron chi connectivity index (χ3n) is 3.70. The van der Waals surface area contributed by atoms with E-state index in [0.29, 0.717) is 11.4 Å². The normalized spacial score (nSPS) is 11.2. The molecule has 5 nitrogen and oxygen atoms in total. The van der Waals surface area contributed by atoms with E-state index < -0.39 is 5.97 Å². The second kappa shape index (κ2) is 8.89. The molecule has 0 aliphatic carbocycles. The highest BCUT2D eigenvalue weighted by atomic mass is 35.5. The number of aryl methyl sites for hydroxylation is 2. The summed E-state index contributed by atoms with van der Waals surface area (Å²) in [4.78, 5) is 15.3. The number of carbonyl (C=O) groups is 1. The van der Waals surface area contributed by atoms with Crippen LogP contribution < -0.4 is 0 Å². The van der Waals surface area contributed by atoms with E-state index >= 15 is 0 Å². The summed E-state index contributed by atoms with van der Waals surface area (Å²) in [6.07, 6.45) is 3.37. The molecule has 2 rings (SSSR count). The quantitative estimate of drug-likeness (QED) is 0.667. The number of unbranched alkanes of at least 4 members (excludes halogenated alkanes) is 1. The molecule has 2 aromatic rings. The molecule has 0 saturated carbocycles. The first kappa shape index (κ1) is 17.8. The third kappa shape index (κ3) is 5.22. The maximum absolute atomic E-state index is 10.6. The number of carboxylic acids is 1. The van der Waals surface area contributed by atoms with Crippen molar-refractivity contribution in [3.8, 4) is 0 Å². The molecule has 1 aromatic carbocycles. The van der Waals surface area contributed by atoms with Gasteiger partial charge >= 0.3 is 5.97 Å². The van der Waals surface area contributed by atoms with E-state index in [0.717, 1.165) is 55.9 Å². The van der Waals surface area contributed by atoms with Gasteiger partial charge < -0.3 is 14.4 Å². The summed E-state index contributed by atoms with van der Waals surface area (Å²) >= 11 is 6.11. The maximum Gasteiger partial charge on any atom is 0.303 e.